The molecule has 2 N–H and O–H groups in total. The van der Waals surface area contributed by atoms with Crippen molar-refractivity contribution in [2.75, 3.05) is 6.61 Å². The normalized spacial score (nSPS) is 21.3. The Morgan fingerprint density at radius 2 is 1.94 bits per heavy atom. The summed E-state index contributed by atoms with van der Waals surface area (Å²) < 4.78 is 5.69. The van der Waals surface area contributed by atoms with E-state index in [4.69, 9.17) is 22.1 Å². The maximum absolute atomic E-state index is 6.35. The quantitative estimate of drug-likeness (QED) is 0.895. The summed E-state index contributed by atoms with van der Waals surface area (Å²) in [6, 6.07) is 12.0. The van der Waals surface area contributed by atoms with E-state index in [0.717, 1.165) is 40.8 Å². The average molecular weight is 262 g/mol. The van der Waals surface area contributed by atoms with Gasteiger partial charge in [0.15, 0.2) is 0 Å². The Morgan fingerprint density at radius 3 is 2.67 bits per heavy atom. The predicted molar refractivity (Wildman–Crippen MR) is 74.9 cm³/mol. The van der Waals surface area contributed by atoms with Crippen LogP contribution in [0.4, 0.5) is 0 Å². The van der Waals surface area contributed by atoms with Crippen LogP contribution in [0, 0.1) is 0 Å². The zero-order valence-corrected chi connectivity index (χ0v) is 10.9. The second kappa shape index (κ2) is 4.88. The molecule has 2 atom stereocenters. The van der Waals surface area contributed by atoms with Gasteiger partial charge in [-0.15, -0.1) is 0 Å². The lowest BCUT2D eigenvalue weighted by Crippen LogP contribution is -2.25. The number of rotatable bonds is 2. The average Bonchev–Trinajstić information content (AvgIpc) is 2.93. The van der Waals surface area contributed by atoms with Crippen molar-refractivity contribution < 1.29 is 4.74 Å². The zero-order valence-electron chi connectivity index (χ0n) is 10.1. The number of hydrogen-bond acceptors (Lipinski definition) is 2. The number of nitrogens with two attached hydrogens (primary N) is 1. The summed E-state index contributed by atoms with van der Waals surface area (Å²) in [5, 5.41) is 2.96. The van der Waals surface area contributed by atoms with E-state index in [0.29, 0.717) is 0 Å². The summed E-state index contributed by atoms with van der Waals surface area (Å²) >= 11 is 6.22. The van der Waals surface area contributed by atoms with Crippen LogP contribution in [-0.2, 0) is 4.74 Å². The second-order valence-electron chi connectivity index (χ2n) is 4.76. The van der Waals surface area contributed by atoms with Gasteiger partial charge in [0.2, 0.25) is 0 Å². The molecular weight excluding hydrogens is 246 g/mol. The fourth-order valence-corrected chi connectivity index (χ4v) is 2.89. The fraction of sp³-hybridized carbons (Fsp3) is 0.333. The summed E-state index contributed by atoms with van der Waals surface area (Å²) in [6.45, 7) is 0.823. The van der Waals surface area contributed by atoms with Crippen molar-refractivity contribution >= 4 is 22.4 Å². The van der Waals surface area contributed by atoms with E-state index in [1.165, 1.54) is 0 Å². The molecule has 2 aromatic carbocycles. The van der Waals surface area contributed by atoms with E-state index in [2.05, 4.69) is 6.07 Å². The highest BCUT2D eigenvalue weighted by atomic mass is 35.5. The number of benzene rings is 2. The maximum atomic E-state index is 6.35. The van der Waals surface area contributed by atoms with Crippen LogP contribution >= 0.6 is 11.6 Å². The van der Waals surface area contributed by atoms with E-state index in [1.807, 2.05) is 30.3 Å². The zero-order chi connectivity index (χ0) is 12.5. The van der Waals surface area contributed by atoms with Gasteiger partial charge in [0, 0.05) is 17.0 Å². The molecular formula is C15H16ClNO. The van der Waals surface area contributed by atoms with Gasteiger partial charge < -0.3 is 10.5 Å². The summed E-state index contributed by atoms with van der Waals surface area (Å²) in [6.07, 6.45) is 2.27. The van der Waals surface area contributed by atoms with Gasteiger partial charge in [0.25, 0.3) is 0 Å². The van der Waals surface area contributed by atoms with Crippen molar-refractivity contribution in [3.05, 3.63) is 47.0 Å². The van der Waals surface area contributed by atoms with E-state index in [1.54, 1.807) is 0 Å². The molecule has 3 rings (SSSR count). The monoisotopic (exact) mass is 261 g/mol. The smallest absolute Gasteiger partial charge is 0.0768 e. The van der Waals surface area contributed by atoms with Crippen molar-refractivity contribution in [1.82, 2.24) is 0 Å². The molecule has 1 aliphatic rings. The molecule has 1 aliphatic heterocycles. The lowest BCUT2D eigenvalue weighted by atomic mass is 9.95. The first-order valence-corrected chi connectivity index (χ1v) is 6.69. The van der Waals surface area contributed by atoms with E-state index < -0.39 is 0 Å². The van der Waals surface area contributed by atoms with E-state index in [9.17, 15) is 0 Å². The van der Waals surface area contributed by atoms with Gasteiger partial charge in [0.1, 0.15) is 0 Å². The minimum absolute atomic E-state index is 0.0744. The third kappa shape index (κ3) is 2.01. The third-order valence-electron chi connectivity index (χ3n) is 3.63. The van der Waals surface area contributed by atoms with Crippen LogP contribution < -0.4 is 5.73 Å². The van der Waals surface area contributed by atoms with E-state index >= 15 is 0 Å². The van der Waals surface area contributed by atoms with Crippen molar-refractivity contribution in [2.45, 2.75) is 25.0 Å². The lowest BCUT2D eigenvalue weighted by Gasteiger charge is -2.21. The molecule has 2 nitrogen and oxygen atoms in total. The first kappa shape index (κ1) is 12.0. The van der Waals surface area contributed by atoms with Gasteiger partial charge in [-0.3, -0.25) is 0 Å². The predicted octanol–water partition coefficient (Wildman–Crippen LogP) is 3.67. The van der Waals surface area contributed by atoms with Crippen LogP contribution in [0.1, 0.15) is 24.4 Å². The molecule has 2 aromatic rings. The van der Waals surface area contributed by atoms with Gasteiger partial charge >= 0.3 is 0 Å². The van der Waals surface area contributed by atoms with Crippen LogP contribution in [0.25, 0.3) is 10.8 Å². The molecule has 94 valence electrons. The van der Waals surface area contributed by atoms with Crippen LogP contribution in [0.15, 0.2) is 36.4 Å². The van der Waals surface area contributed by atoms with Crippen LogP contribution in [-0.4, -0.2) is 12.7 Å². The minimum Gasteiger partial charge on any atom is -0.376 e. The maximum Gasteiger partial charge on any atom is 0.0768 e. The van der Waals surface area contributed by atoms with Crippen LogP contribution in [0.5, 0.6) is 0 Å². The molecule has 0 spiro atoms. The number of ether oxygens (including phenoxy) is 1. The molecule has 1 fully saturated rings. The number of hydrogen-bond donors (Lipinski definition) is 1. The number of halogens is 1. The van der Waals surface area contributed by atoms with Crippen molar-refractivity contribution in [3.63, 3.8) is 0 Å². The van der Waals surface area contributed by atoms with Crippen molar-refractivity contribution in [3.8, 4) is 0 Å². The summed E-state index contributed by atoms with van der Waals surface area (Å²) in [4.78, 5) is 0. The standard InChI is InChI=1S/C15H16ClNO/c16-13-8-7-12(10-4-1-2-5-11(10)13)15(17)14-6-3-9-18-14/h1-2,4-5,7-8,14-15H,3,6,9,17H2. The summed E-state index contributed by atoms with van der Waals surface area (Å²) in [5.41, 5.74) is 7.48. The van der Waals surface area contributed by atoms with Crippen LogP contribution in [0.2, 0.25) is 5.02 Å². The molecule has 1 heterocycles. The molecule has 0 radical (unpaired) electrons. The topological polar surface area (TPSA) is 35.2 Å². The third-order valence-corrected chi connectivity index (χ3v) is 3.96. The molecule has 0 saturated carbocycles. The Morgan fingerprint density at radius 1 is 1.17 bits per heavy atom. The summed E-state index contributed by atoms with van der Waals surface area (Å²) in [7, 11) is 0. The van der Waals surface area contributed by atoms with Crippen molar-refractivity contribution in [2.24, 2.45) is 5.73 Å². The van der Waals surface area contributed by atoms with Gasteiger partial charge in [-0.2, -0.15) is 0 Å². The van der Waals surface area contributed by atoms with Crippen molar-refractivity contribution in [1.29, 1.82) is 0 Å². The summed E-state index contributed by atoms with van der Waals surface area (Å²) in [5.74, 6) is 0. The number of fused-ring (bicyclic) bond motifs is 1. The first-order valence-electron chi connectivity index (χ1n) is 6.31. The van der Waals surface area contributed by atoms with Crippen LogP contribution in [0.3, 0.4) is 0 Å². The second-order valence-corrected chi connectivity index (χ2v) is 5.17. The first-order chi connectivity index (χ1) is 8.77. The minimum atomic E-state index is -0.0744. The van der Waals surface area contributed by atoms with Gasteiger partial charge in [0.05, 0.1) is 12.1 Å². The SMILES string of the molecule is NC(c1ccc(Cl)c2ccccc12)C1CCCO1. The molecule has 0 bridgehead atoms. The highest BCUT2D eigenvalue weighted by Crippen LogP contribution is 2.33. The Balaban J connectivity index is 2.08. The van der Waals surface area contributed by atoms with Gasteiger partial charge in [-0.05, 0) is 29.9 Å². The lowest BCUT2D eigenvalue weighted by molar-refractivity contribution is 0.0904. The molecule has 3 heteroatoms. The molecule has 0 amide bonds. The fourth-order valence-electron chi connectivity index (χ4n) is 2.66. The van der Waals surface area contributed by atoms with Gasteiger partial charge in [-0.1, -0.05) is 41.9 Å². The molecule has 2 unspecified atom stereocenters. The van der Waals surface area contributed by atoms with Gasteiger partial charge in [-0.25, -0.2) is 0 Å². The highest BCUT2D eigenvalue weighted by Gasteiger charge is 2.25. The Labute approximate surface area is 112 Å². The van der Waals surface area contributed by atoms with E-state index in [-0.39, 0.29) is 12.1 Å². The molecule has 18 heavy (non-hydrogen) atoms. The Hall–Kier alpha value is -1.09. The molecule has 0 aromatic heterocycles. The largest absolute Gasteiger partial charge is 0.376 e. The highest BCUT2D eigenvalue weighted by molar-refractivity contribution is 6.35. The molecule has 0 aliphatic carbocycles. The molecule has 1 saturated heterocycles. The Kier molecular flexibility index (Phi) is 3.25. The Bertz CT molecular complexity index is 563.